The lowest BCUT2D eigenvalue weighted by Crippen LogP contribution is -2.54. The molecular weight excluding hydrogens is 351 g/mol. The lowest BCUT2D eigenvalue weighted by Gasteiger charge is -2.25. The Kier molecular flexibility index (Phi) is 5.38. The molecule has 0 fully saturated rings. The standard InChI is InChI=1S/C15H13F5O3Si/c1-21-24(22-2,23-3)9-6-4-5-8(7-9)10-11(16)13(18)15(20)14(19)12(10)17/h4-7H,1-3H3. The zero-order valence-corrected chi connectivity index (χ0v) is 13.9. The quantitative estimate of drug-likeness (QED) is 0.353. The van der Waals surface area contributed by atoms with E-state index in [4.69, 9.17) is 13.3 Å². The number of halogens is 5. The zero-order chi connectivity index (χ0) is 18.1. The first-order chi connectivity index (χ1) is 11.3. The Labute approximate surface area is 136 Å². The summed E-state index contributed by atoms with van der Waals surface area (Å²) >= 11 is 0. The summed E-state index contributed by atoms with van der Waals surface area (Å²) in [5.74, 6) is -10.1. The van der Waals surface area contributed by atoms with Crippen molar-refractivity contribution in [2.75, 3.05) is 21.3 Å². The molecule has 0 aromatic heterocycles. The van der Waals surface area contributed by atoms with Gasteiger partial charge >= 0.3 is 8.80 Å². The molecule has 0 aliphatic heterocycles. The molecule has 0 radical (unpaired) electrons. The minimum atomic E-state index is -3.34. The molecule has 9 heteroatoms. The minimum absolute atomic E-state index is 0.219. The summed E-state index contributed by atoms with van der Waals surface area (Å²) < 4.78 is 83.6. The zero-order valence-electron chi connectivity index (χ0n) is 12.9. The molecule has 0 aliphatic carbocycles. The van der Waals surface area contributed by atoms with Crippen LogP contribution >= 0.6 is 0 Å². The van der Waals surface area contributed by atoms with Crippen LogP contribution in [-0.2, 0) is 13.3 Å². The Morgan fingerprint density at radius 1 is 0.708 bits per heavy atom. The van der Waals surface area contributed by atoms with Crippen LogP contribution in [0.1, 0.15) is 0 Å². The molecule has 2 aromatic carbocycles. The smallest absolute Gasteiger partial charge is 0.373 e. The third-order valence-electron chi connectivity index (χ3n) is 3.52. The van der Waals surface area contributed by atoms with E-state index < -0.39 is 43.5 Å². The van der Waals surface area contributed by atoms with Crippen LogP contribution in [0.15, 0.2) is 24.3 Å². The van der Waals surface area contributed by atoms with E-state index in [2.05, 4.69) is 0 Å². The number of hydrogen-bond donors (Lipinski definition) is 0. The Hall–Kier alpha value is -1.81. The summed E-state index contributed by atoms with van der Waals surface area (Å²) in [7, 11) is 0.634. The van der Waals surface area contributed by atoms with E-state index in [9.17, 15) is 22.0 Å². The third kappa shape index (κ3) is 2.84. The van der Waals surface area contributed by atoms with E-state index in [0.29, 0.717) is 5.19 Å². The van der Waals surface area contributed by atoms with E-state index in [0.717, 1.165) is 0 Å². The monoisotopic (exact) mass is 364 g/mol. The average Bonchev–Trinajstić information content (AvgIpc) is 2.61. The number of rotatable bonds is 5. The van der Waals surface area contributed by atoms with Crippen molar-refractivity contribution in [3.8, 4) is 11.1 Å². The van der Waals surface area contributed by atoms with Crippen LogP contribution in [0, 0.1) is 29.1 Å². The predicted molar refractivity (Wildman–Crippen MR) is 78.1 cm³/mol. The maximum atomic E-state index is 14.0. The van der Waals surface area contributed by atoms with E-state index in [-0.39, 0.29) is 5.56 Å². The molecule has 0 aliphatic rings. The fourth-order valence-electron chi connectivity index (χ4n) is 2.33. The van der Waals surface area contributed by atoms with Gasteiger partial charge in [0.05, 0.1) is 5.56 Å². The van der Waals surface area contributed by atoms with Crippen molar-refractivity contribution >= 4 is 14.0 Å². The molecule has 0 saturated heterocycles. The second-order valence-electron chi connectivity index (χ2n) is 4.69. The van der Waals surface area contributed by atoms with Crippen molar-refractivity contribution < 1.29 is 35.2 Å². The van der Waals surface area contributed by atoms with Gasteiger partial charge in [0.2, 0.25) is 5.82 Å². The SMILES string of the molecule is CO[Si](OC)(OC)c1cccc(-c2c(F)c(F)c(F)c(F)c2F)c1. The van der Waals surface area contributed by atoms with E-state index in [1.165, 1.54) is 45.6 Å². The molecule has 0 spiro atoms. The van der Waals surface area contributed by atoms with Crippen LogP contribution in [0.2, 0.25) is 0 Å². The Bertz CT molecular complexity index is 728. The van der Waals surface area contributed by atoms with Crippen molar-refractivity contribution in [1.29, 1.82) is 0 Å². The highest BCUT2D eigenvalue weighted by atomic mass is 28.4. The second-order valence-corrected chi connectivity index (χ2v) is 7.61. The number of hydrogen-bond acceptors (Lipinski definition) is 3. The summed E-state index contributed by atoms with van der Waals surface area (Å²) in [5.41, 5.74) is -1.25. The van der Waals surface area contributed by atoms with Crippen molar-refractivity contribution in [2.45, 2.75) is 0 Å². The Morgan fingerprint density at radius 3 is 1.62 bits per heavy atom. The molecule has 0 atom stereocenters. The Balaban J connectivity index is 2.71. The molecule has 0 N–H and O–H groups in total. The summed E-state index contributed by atoms with van der Waals surface area (Å²) in [5, 5.41) is 0.302. The molecular formula is C15H13F5O3Si. The molecule has 3 nitrogen and oxygen atoms in total. The molecule has 2 rings (SSSR count). The Morgan fingerprint density at radius 2 is 1.17 bits per heavy atom. The average molecular weight is 364 g/mol. The van der Waals surface area contributed by atoms with Crippen LogP contribution in [0.3, 0.4) is 0 Å². The van der Waals surface area contributed by atoms with Crippen LogP contribution in [0.5, 0.6) is 0 Å². The topological polar surface area (TPSA) is 27.7 Å². The van der Waals surface area contributed by atoms with Crippen LogP contribution in [0.25, 0.3) is 11.1 Å². The maximum absolute atomic E-state index is 14.0. The molecule has 130 valence electrons. The van der Waals surface area contributed by atoms with Gasteiger partial charge in [-0.05, 0) is 11.6 Å². The van der Waals surface area contributed by atoms with Gasteiger partial charge in [-0.15, -0.1) is 0 Å². The summed E-state index contributed by atoms with van der Waals surface area (Å²) in [6.45, 7) is 0. The lowest BCUT2D eigenvalue weighted by molar-refractivity contribution is 0.140. The normalized spacial score (nSPS) is 11.8. The van der Waals surface area contributed by atoms with Gasteiger partial charge in [-0.1, -0.05) is 18.2 Å². The second kappa shape index (κ2) is 6.97. The van der Waals surface area contributed by atoms with Crippen molar-refractivity contribution in [3.05, 3.63) is 53.4 Å². The fourth-order valence-corrected chi connectivity index (χ4v) is 4.17. The molecule has 0 unspecified atom stereocenters. The fraction of sp³-hybridized carbons (Fsp3) is 0.200. The van der Waals surface area contributed by atoms with Crippen molar-refractivity contribution in [2.24, 2.45) is 0 Å². The highest BCUT2D eigenvalue weighted by molar-refractivity contribution is 6.75. The van der Waals surface area contributed by atoms with Crippen LogP contribution < -0.4 is 5.19 Å². The van der Waals surface area contributed by atoms with E-state index in [1.807, 2.05) is 0 Å². The first kappa shape index (κ1) is 18.5. The van der Waals surface area contributed by atoms with Gasteiger partial charge in [-0.2, -0.15) is 0 Å². The maximum Gasteiger partial charge on any atom is 0.536 e. The van der Waals surface area contributed by atoms with Crippen LogP contribution in [-0.4, -0.2) is 30.1 Å². The molecule has 0 amide bonds. The summed E-state index contributed by atoms with van der Waals surface area (Å²) in [4.78, 5) is 0. The molecule has 0 bridgehead atoms. The number of benzene rings is 2. The van der Waals surface area contributed by atoms with Gasteiger partial charge in [-0.3, -0.25) is 0 Å². The van der Waals surface area contributed by atoms with E-state index in [1.54, 1.807) is 0 Å². The highest BCUT2D eigenvalue weighted by Gasteiger charge is 2.41. The van der Waals surface area contributed by atoms with Gasteiger partial charge in [0.1, 0.15) is 0 Å². The van der Waals surface area contributed by atoms with Gasteiger partial charge in [0, 0.05) is 26.5 Å². The van der Waals surface area contributed by atoms with Crippen LogP contribution in [0.4, 0.5) is 22.0 Å². The third-order valence-corrected chi connectivity index (χ3v) is 6.15. The van der Waals surface area contributed by atoms with Gasteiger partial charge < -0.3 is 13.3 Å². The van der Waals surface area contributed by atoms with Gasteiger partial charge in [-0.25, -0.2) is 22.0 Å². The summed E-state index contributed by atoms with van der Waals surface area (Å²) in [6.07, 6.45) is 0. The van der Waals surface area contributed by atoms with Gasteiger partial charge in [0.25, 0.3) is 0 Å². The summed E-state index contributed by atoms with van der Waals surface area (Å²) in [6, 6.07) is 5.31. The predicted octanol–water partition coefficient (Wildman–Crippen LogP) is 3.13. The van der Waals surface area contributed by atoms with Crippen molar-refractivity contribution in [3.63, 3.8) is 0 Å². The van der Waals surface area contributed by atoms with E-state index >= 15 is 0 Å². The first-order valence-electron chi connectivity index (χ1n) is 6.60. The molecule has 0 saturated carbocycles. The first-order valence-corrected chi connectivity index (χ1v) is 8.33. The molecule has 0 heterocycles. The largest absolute Gasteiger partial charge is 0.536 e. The van der Waals surface area contributed by atoms with Gasteiger partial charge in [0.15, 0.2) is 23.3 Å². The molecule has 24 heavy (non-hydrogen) atoms. The molecule has 2 aromatic rings. The highest BCUT2D eigenvalue weighted by Crippen LogP contribution is 2.31. The minimum Gasteiger partial charge on any atom is -0.373 e. The lowest BCUT2D eigenvalue weighted by atomic mass is 10.0. The van der Waals surface area contributed by atoms with Crippen molar-refractivity contribution in [1.82, 2.24) is 0 Å².